The number of para-hydroxylation sites is 1. The summed E-state index contributed by atoms with van der Waals surface area (Å²) in [5.74, 6) is 0.867. The van der Waals surface area contributed by atoms with Gasteiger partial charge in [-0.1, -0.05) is 18.2 Å². The minimum Gasteiger partial charge on any atom is -0.493 e. The summed E-state index contributed by atoms with van der Waals surface area (Å²) >= 11 is 0. The minimum atomic E-state index is -0.272. The highest BCUT2D eigenvalue weighted by molar-refractivity contribution is 5.36. The third kappa shape index (κ3) is 2.39. The number of ether oxygens (including phenoxy) is 1. The zero-order chi connectivity index (χ0) is 13.9. The van der Waals surface area contributed by atoms with E-state index >= 15 is 0 Å². The summed E-state index contributed by atoms with van der Waals surface area (Å²) in [7, 11) is 1.85. The molecule has 4 heteroatoms. The summed E-state index contributed by atoms with van der Waals surface area (Å²) in [5, 5.41) is 3.21. The Morgan fingerprint density at radius 1 is 1.35 bits per heavy atom. The summed E-state index contributed by atoms with van der Waals surface area (Å²) in [6.07, 6.45) is 3.77. The first-order valence-corrected chi connectivity index (χ1v) is 6.77. The molecule has 0 aliphatic carbocycles. The molecule has 0 fully saturated rings. The van der Waals surface area contributed by atoms with Crippen LogP contribution in [0.3, 0.4) is 0 Å². The number of rotatable bonds is 3. The summed E-state index contributed by atoms with van der Waals surface area (Å²) in [6, 6.07) is 9.68. The lowest BCUT2D eigenvalue weighted by molar-refractivity contribution is 0.186. The number of pyridine rings is 1. The van der Waals surface area contributed by atoms with Gasteiger partial charge in [-0.25, -0.2) is 4.39 Å². The van der Waals surface area contributed by atoms with Crippen LogP contribution in [0.2, 0.25) is 0 Å². The Bertz CT molecular complexity index is 603. The van der Waals surface area contributed by atoms with E-state index in [1.807, 2.05) is 25.2 Å². The van der Waals surface area contributed by atoms with Crippen LogP contribution >= 0.6 is 0 Å². The molecule has 2 heterocycles. The van der Waals surface area contributed by atoms with Crippen LogP contribution < -0.4 is 10.1 Å². The lowest BCUT2D eigenvalue weighted by Gasteiger charge is -2.31. The van der Waals surface area contributed by atoms with Crippen LogP contribution in [0.25, 0.3) is 0 Å². The van der Waals surface area contributed by atoms with Crippen LogP contribution in [0.1, 0.15) is 17.2 Å². The number of benzene rings is 1. The summed E-state index contributed by atoms with van der Waals surface area (Å²) in [4.78, 5) is 3.81. The molecular weight excluding hydrogens is 255 g/mol. The first kappa shape index (κ1) is 13.1. The Hall–Kier alpha value is -1.94. The molecule has 1 aromatic heterocycles. The monoisotopic (exact) mass is 272 g/mol. The maximum atomic E-state index is 13.9. The third-order valence-electron chi connectivity index (χ3n) is 3.83. The number of hydrogen-bond donors (Lipinski definition) is 1. The molecule has 2 atom stereocenters. The molecule has 0 saturated carbocycles. The third-order valence-corrected chi connectivity index (χ3v) is 3.83. The number of nitrogens with zero attached hydrogens (tertiary/aromatic N) is 1. The van der Waals surface area contributed by atoms with Gasteiger partial charge in [-0.2, -0.15) is 0 Å². The van der Waals surface area contributed by atoms with E-state index in [2.05, 4.69) is 16.4 Å². The smallest absolute Gasteiger partial charge is 0.146 e. The molecule has 1 N–H and O–H groups in total. The predicted octanol–water partition coefficient (Wildman–Crippen LogP) is 2.73. The van der Waals surface area contributed by atoms with Crippen molar-refractivity contribution in [1.82, 2.24) is 10.3 Å². The number of fused-ring (bicyclic) bond motifs is 1. The standard InChI is InChI=1S/C16H17FN2O/c1-18-16(13-6-7-19-9-14(13)17)12-8-11-4-2-3-5-15(11)20-10-12/h2-7,9,12,16,18H,8,10H2,1H3. The van der Waals surface area contributed by atoms with Crippen LogP contribution in [-0.2, 0) is 6.42 Å². The van der Waals surface area contributed by atoms with Crippen LogP contribution in [0, 0.1) is 11.7 Å². The largest absolute Gasteiger partial charge is 0.493 e. The van der Waals surface area contributed by atoms with Crippen molar-refractivity contribution in [2.24, 2.45) is 5.92 Å². The Morgan fingerprint density at radius 3 is 3.00 bits per heavy atom. The van der Waals surface area contributed by atoms with Gasteiger partial charge < -0.3 is 10.1 Å². The van der Waals surface area contributed by atoms with Crippen LogP contribution in [0.5, 0.6) is 5.75 Å². The molecule has 0 saturated heterocycles. The Balaban J connectivity index is 1.87. The Labute approximate surface area is 117 Å². The highest BCUT2D eigenvalue weighted by Crippen LogP contribution is 2.33. The van der Waals surface area contributed by atoms with Gasteiger partial charge in [-0.05, 0) is 31.2 Å². The van der Waals surface area contributed by atoms with Crippen molar-refractivity contribution < 1.29 is 9.13 Å². The Morgan fingerprint density at radius 2 is 2.20 bits per heavy atom. The van der Waals surface area contributed by atoms with Crippen molar-refractivity contribution in [2.45, 2.75) is 12.5 Å². The van der Waals surface area contributed by atoms with Gasteiger partial charge in [0.1, 0.15) is 11.6 Å². The van der Waals surface area contributed by atoms with Gasteiger partial charge in [0.15, 0.2) is 0 Å². The van der Waals surface area contributed by atoms with E-state index in [0.717, 1.165) is 12.2 Å². The lowest BCUT2D eigenvalue weighted by Crippen LogP contribution is -2.34. The molecule has 0 radical (unpaired) electrons. The quantitative estimate of drug-likeness (QED) is 0.933. The molecule has 3 rings (SSSR count). The topological polar surface area (TPSA) is 34.2 Å². The summed E-state index contributed by atoms with van der Waals surface area (Å²) in [6.45, 7) is 0.588. The zero-order valence-electron chi connectivity index (χ0n) is 11.3. The second kappa shape index (κ2) is 5.59. The molecule has 1 aliphatic heterocycles. The first-order chi connectivity index (χ1) is 9.79. The average Bonchev–Trinajstić information content (AvgIpc) is 2.50. The fourth-order valence-corrected chi connectivity index (χ4v) is 2.85. The van der Waals surface area contributed by atoms with E-state index in [-0.39, 0.29) is 17.8 Å². The van der Waals surface area contributed by atoms with E-state index < -0.39 is 0 Å². The van der Waals surface area contributed by atoms with Gasteiger partial charge in [-0.3, -0.25) is 4.98 Å². The van der Waals surface area contributed by atoms with Gasteiger partial charge in [0.2, 0.25) is 0 Å². The van der Waals surface area contributed by atoms with E-state index in [1.54, 1.807) is 12.3 Å². The van der Waals surface area contributed by atoms with Crippen LogP contribution in [-0.4, -0.2) is 18.6 Å². The predicted molar refractivity (Wildman–Crippen MR) is 75.1 cm³/mol. The van der Waals surface area contributed by atoms with E-state index in [1.165, 1.54) is 11.8 Å². The van der Waals surface area contributed by atoms with E-state index in [0.29, 0.717) is 12.2 Å². The molecule has 2 unspecified atom stereocenters. The van der Waals surface area contributed by atoms with Crippen molar-refractivity contribution in [3.05, 3.63) is 59.7 Å². The molecule has 1 aliphatic rings. The molecule has 3 nitrogen and oxygen atoms in total. The van der Waals surface area contributed by atoms with Crippen molar-refractivity contribution in [2.75, 3.05) is 13.7 Å². The fourth-order valence-electron chi connectivity index (χ4n) is 2.85. The zero-order valence-corrected chi connectivity index (χ0v) is 11.3. The van der Waals surface area contributed by atoms with Crippen molar-refractivity contribution in [3.8, 4) is 5.75 Å². The van der Waals surface area contributed by atoms with E-state index in [9.17, 15) is 4.39 Å². The first-order valence-electron chi connectivity index (χ1n) is 6.77. The second-order valence-corrected chi connectivity index (χ2v) is 5.05. The maximum absolute atomic E-state index is 13.9. The highest BCUT2D eigenvalue weighted by atomic mass is 19.1. The van der Waals surface area contributed by atoms with Gasteiger partial charge >= 0.3 is 0 Å². The summed E-state index contributed by atoms with van der Waals surface area (Å²) < 4.78 is 19.7. The van der Waals surface area contributed by atoms with Crippen LogP contribution in [0.4, 0.5) is 4.39 Å². The highest BCUT2D eigenvalue weighted by Gasteiger charge is 2.29. The normalized spacial score (nSPS) is 19.0. The maximum Gasteiger partial charge on any atom is 0.146 e. The van der Waals surface area contributed by atoms with Gasteiger partial charge in [-0.15, -0.1) is 0 Å². The molecular formula is C16H17FN2O. The van der Waals surface area contributed by atoms with Crippen molar-refractivity contribution in [3.63, 3.8) is 0 Å². The van der Waals surface area contributed by atoms with Crippen molar-refractivity contribution in [1.29, 1.82) is 0 Å². The molecule has 2 aromatic rings. The molecule has 0 amide bonds. The van der Waals surface area contributed by atoms with E-state index in [4.69, 9.17) is 4.74 Å². The Kier molecular flexibility index (Phi) is 3.65. The SMILES string of the molecule is CNC(c1ccncc1F)C1COc2ccccc2C1. The average molecular weight is 272 g/mol. The molecule has 1 aromatic carbocycles. The van der Waals surface area contributed by atoms with Gasteiger partial charge in [0, 0.05) is 23.7 Å². The lowest BCUT2D eigenvalue weighted by atomic mass is 9.87. The van der Waals surface area contributed by atoms with Crippen molar-refractivity contribution >= 4 is 0 Å². The number of nitrogens with one attached hydrogen (secondary N) is 1. The van der Waals surface area contributed by atoms with Crippen LogP contribution in [0.15, 0.2) is 42.7 Å². The number of hydrogen-bond acceptors (Lipinski definition) is 3. The molecule has 0 bridgehead atoms. The van der Waals surface area contributed by atoms with Gasteiger partial charge in [0.05, 0.1) is 12.8 Å². The fraction of sp³-hybridized carbons (Fsp3) is 0.312. The molecule has 104 valence electrons. The molecule has 0 spiro atoms. The summed E-state index contributed by atoms with van der Waals surface area (Å²) in [5.41, 5.74) is 1.83. The number of aromatic nitrogens is 1. The van der Waals surface area contributed by atoms with Gasteiger partial charge in [0.25, 0.3) is 0 Å². The molecule has 20 heavy (non-hydrogen) atoms. The number of halogens is 1. The minimum absolute atomic E-state index is 0.0774. The second-order valence-electron chi connectivity index (χ2n) is 5.05.